The molecule has 0 aromatic heterocycles. The summed E-state index contributed by atoms with van der Waals surface area (Å²) < 4.78 is 25.9. The van der Waals surface area contributed by atoms with Gasteiger partial charge in [-0.25, -0.2) is 0 Å². The zero-order valence-electron chi connectivity index (χ0n) is 11.4. The molecular weight excluding hydrogens is 238 g/mol. The zero-order valence-corrected chi connectivity index (χ0v) is 12.2. The van der Waals surface area contributed by atoms with Gasteiger partial charge < -0.3 is 4.90 Å². The molecule has 0 radical (unpaired) electrons. The van der Waals surface area contributed by atoms with Crippen LogP contribution in [0.15, 0.2) is 0 Å². The van der Waals surface area contributed by atoms with Gasteiger partial charge in [0.05, 0.1) is 6.26 Å². The van der Waals surface area contributed by atoms with E-state index in [2.05, 4.69) is 18.7 Å². The first-order valence-corrected chi connectivity index (χ1v) is 8.36. The average molecular weight is 265 g/mol. The molecule has 1 unspecified atom stereocenters. The molecule has 0 aromatic rings. The van der Waals surface area contributed by atoms with Crippen molar-refractivity contribution in [3.05, 3.63) is 0 Å². The number of rotatable bonds is 4. The lowest BCUT2D eigenvalue weighted by Gasteiger charge is -2.31. The molecule has 0 aromatic carbocycles. The predicted octanol–water partition coefficient (Wildman–Crippen LogP) is 2.41. The highest BCUT2D eigenvalue weighted by molar-refractivity contribution is 7.85. The van der Waals surface area contributed by atoms with Crippen LogP contribution in [0.5, 0.6) is 0 Å². The fourth-order valence-electron chi connectivity index (χ4n) is 2.17. The summed E-state index contributed by atoms with van der Waals surface area (Å²) in [6.45, 7) is 8.54. The van der Waals surface area contributed by atoms with Crippen LogP contribution in [0.1, 0.15) is 46.0 Å². The molecular formula is C12H27NO3S. The van der Waals surface area contributed by atoms with Gasteiger partial charge in [-0.15, -0.1) is 0 Å². The van der Waals surface area contributed by atoms with Crippen molar-refractivity contribution in [3.8, 4) is 0 Å². The summed E-state index contributed by atoms with van der Waals surface area (Å²) in [5, 5.41) is 0. The van der Waals surface area contributed by atoms with Crippen LogP contribution in [-0.4, -0.2) is 43.8 Å². The van der Waals surface area contributed by atoms with E-state index in [9.17, 15) is 8.42 Å². The van der Waals surface area contributed by atoms with Crippen molar-refractivity contribution < 1.29 is 13.0 Å². The van der Waals surface area contributed by atoms with Gasteiger partial charge in [-0.05, 0) is 38.3 Å². The Labute approximate surface area is 106 Å². The van der Waals surface area contributed by atoms with Gasteiger partial charge in [0.2, 0.25) is 0 Å². The largest absolute Gasteiger partial charge is 0.303 e. The van der Waals surface area contributed by atoms with E-state index < -0.39 is 10.1 Å². The van der Waals surface area contributed by atoms with Crippen molar-refractivity contribution in [1.29, 1.82) is 0 Å². The molecule has 1 saturated heterocycles. The van der Waals surface area contributed by atoms with Crippen LogP contribution in [0.4, 0.5) is 0 Å². The maximum atomic E-state index is 9.19. The van der Waals surface area contributed by atoms with Gasteiger partial charge >= 0.3 is 0 Å². The lowest BCUT2D eigenvalue weighted by Crippen LogP contribution is -2.35. The molecule has 5 heteroatoms. The van der Waals surface area contributed by atoms with Crippen molar-refractivity contribution in [3.63, 3.8) is 0 Å². The summed E-state index contributed by atoms with van der Waals surface area (Å²) in [5.74, 6) is 1.01. The number of unbranched alkanes of at least 4 members (excludes halogenated alkanes) is 1. The highest BCUT2D eigenvalue weighted by Crippen LogP contribution is 2.20. The molecule has 0 aliphatic carbocycles. The number of hydrogen-bond donors (Lipinski definition) is 1. The van der Waals surface area contributed by atoms with E-state index in [-0.39, 0.29) is 0 Å². The Bertz CT molecular complexity index is 269. The first-order chi connectivity index (χ1) is 7.86. The van der Waals surface area contributed by atoms with Crippen molar-refractivity contribution in [2.24, 2.45) is 5.92 Å². The van der Waals surface area contributed by atoms with E-state index in [1.807, 2.05) is 0 Å². The van der Waals surface area contributed by atoms with Gasteiger partial charge in [-0.3, -0.25) is 4.55 Å². The fourth-order valence-corrected chi connectivity index (χ4v) is 2.17. The highest BCUT2D eigenvalue weighted by Gasteiger charge is 2.17. The molecule has 1 fully saturated rings. The fraction of sp³-hybridized carbons (Fsp3) is 1.00. The van der Waals surface area contributed by atoms with Gasteiger partial charge in [0, 0.05) is 6.54 Å². The molecule has 1 atom stereocenters. The van der Waals surface area contributed by atoms with Gasteiger partial charge in [-0.2, -0.15) is 8.42 Å². The number of likely N-dealkylation sites (tertiary alicyclic amines) is 1. The molecule has 0 saturated carbocycles. The van der Waals surface area contributed by atoms with E-state index in [1.54, 1.807) is 0 Å². The van der Waals surface area contributed by atoms with E-state index >= 15 is 0 Å². The molecule has 0 bridgehead atoms. The topological polar surface area (TPSA) is 57.6 Å². The van der Waals surface area contributed by atoms with E-state index in [4.69, 9.17) is 4.55 Å². The molecule has 1 rings (SSSR count). The smallest absolute Gasteiger partial charge is 0.261 e. The van der Waals surface area contributed by atoms with Crippen LogP contribution in [0.3, 0.4) is 0 Å². The second-order valence-corrected chi connectivity index (χ2v) is 6.24. The van der Waals surface area contributed by atoms with Crippen LogP contribution in [0.25, 0.3) is 0 Å². The first kappa shape index (κ1) is 16.9. The minimum atomic E-state index is -3.67. The highest BCUT2D eigenvalue weighted by atomic mass is 32.2. The van der Waals surface area contributed by atoms with Crippen molar-refractivity contribution >= 4 is 10.1 Å². The van der Waals surface area contributed by atoms with Crippen molar-refractivity contribution in [2.75, 3.05) is 25.9 Å². The maximum absolute atomic E-state index is 9.19. The Morgan fingerprint density at radius 2 is 1.94 bits per heavy atom. The van der Waals surface area contributed by atoms with Crippen LogP contribution >= 0.6 is 0 Å². The lowest BCUT2D eigenvalue weighted by atomic mass is 9.93. The van der Waals surface area contributed by atoms with E-state index in [0.29, 0.717) is 6.26 Å². The number of nitrogens with zero attached hydrogens (tertiary/aromatic N) is 1. The lowest BCUT2D eigenvalue weighted by molar-refractivity contribution is 0.174. The standard InChI is InChI=1S/C11H23N.CH4O3S/c1-3-5-7-11-8-6-9-12(4-2)10-11;1-5(2,3)4/h11H,3-10H2,1-2H3;1H3,(H,2,3,4). The first-order valence-electron chi connectivity index (χ1n) is 6.51. The molecule has 1 aliphatic heterocycles. The van der Waals surface area contributed by atoms with Crippen LogP contribution < -0.4 is 0 Å². The van der Waals surface area contributed by atoms with Gasteiger partial charge in [0.15, 0.2) is 0 Å². The zero-order chi connectivity index (χ0) is 13.3. The van der Waals surface area contributed by atoms with Gasteiger partial charge in [0.1, 0.15) is 0 Å². The molecule has 1 heterocycles. The monoisotopic (exact) mass is 265 g/mol. The van der Waals surface area contributed by atoms with Crippen LogP contribution in [-0.2, 0) is 10.1 Å². The molecule has 4 nitrogen and oxygen atoms in total. The van der Waals surface area contributed by atoms with Gasteiger partial charge in [-0.1, -0.05) is 26.7 Å². The third kappa shape index (κ3) is 12.1. The Morgan fingerprint density at radius 3 is 2.41 bits per heavy atom. The minimum Gasteiger partial charge on any atom is -0.303 e. The average Bonchev–Trinajstić information content (AvgIpc) is 2.24. The summed E-state index contributed by atoms with van der Waals surface area (Å²) in [5.41, 5.74) is 0. The van der Waals surface area contributed by atoms with E-state index in [0.717, 1.165) is 5.92 Å². The molecule has 0 amide bonds. The SMILES string of the molecule is CCCCC1CCCN(CC)C1.CS(=O)(=O)O. The summed E-state index contributed by atoms with van der Waals surface area (Å²) >= 11 is 0. The molecule has 17 heavy (non-hydrogen) atoms. The Hall–Kier alpha value is -0.130. The number of hydrogen-bond acceptors (Lipinski definition) is 3. The number of piperidine rings is 1. The normalized spacial score (nSPS) is 21.8. The van der Waals surface area contributed by atoms with Crippen LogP contribution in [0.2, 0.25) is 0 Å². The Balaban J connectivity index is 0.000000437. The molecule has 104 valence electrons. The van der Waals surface area contributed by atoms with Crippen molar-refractivity contribution in [1.82, 2.24) is 4.90 Å². The van der Waals surface area contributed by atoms with Gasteiger partial charge in [0.25, 0.3) is 10.1 Å². The molecule has 1 N–H and O–H groups in total. The second-order valence-electron chi connectivity index (χ2n) is 4.78. The third-order valence-corrected chi connectivity index (χ3v) is 3.02. The van der Waals surface area contributed by atoms with Crippen LogP contribution in [0, 0.1) is 5.92 Å². The summed E-state index contributed by atoms with van der Waals surface area (Å²) in [6.07, 6.45) is 7.89. The summed E-state index contributed by atoms with van der Waals surface area (Å²) in [6, 6.07) is 0. The van der Waals surface area contributed by atoms with Crippen molar-refractivity contribution in [2.45, 2.75) is 46.0 Å². The predicted molar refractivity (Wildman–Crippen MR) is 71.8 cm³/mol. The molecule has 1 aliphatic rings. The second kappa shape index (κ2) is 8.89. The quantitative estimate of drug-likeness (QED) is 0.793. The Morgan fingerprint density at radius 1 is 1.35 bits per heavy atom. The Kier molecular flexibility index (Phi) is 8.82. The van der Waals surface area contributed by atoms with E-state index in [1.165, 1.54) is 51.7 Å². The summed E-state index contributed by atoms with van der Waals surface area (Å²) in [4.78, 5) is 2.60. The molecule has 0 spiro atoms. The third-order valence-electron chi connectivity index (χ3n) is 3.02. The minimum absolute atomic E-state index is 0.715. The summed E-state index contributed by atoms with van der Waals surface area (Å²) in [7, 11) is -3.67. The maximum Gasteiger partial charge on any atom is 0.261 e.